The summed E-state index contributed by atoms with van der Waals surface area (Å²) < 4.78 is 25.5. The van der Waals surface area contributed by atoms with Crippen molar-refractivity contribution in [2.45, 2.75) is 50.9 Å². The minimum atomic E-state index is -3.33. The first kappa shape index (κ1) is 13.4. The van der Waals surface area contributed by atoms with E-state index >= 15 is 0 Å². The summed E-state index contributed by atoms with van der Waals surface area (Å²) in [6, 6.07) is 0. The molecule has 0 spiro atoms. The van der Waals surface area contributed by atoms with Gasteiger partial charge in [0, 0.05) is 6.54 Å². The summed E-state index contributed by atoms with van der Waals surface area (Å²) in [5.74, 6) is 0. The van der Waals surface area contributed by atoms with Gasteiger partial charge in [0.25, 0.3) is 0 Å². The van der Waals surface area contributed by atoms with Crippen LogP contribution in [-0.2, 0) is 14.8 Å². The number of isocyanates is 1. The summed E-state index contributed by atoms with van der Waals surface area (Å²) in [7, 11) is -3.33. The van der Waals surface area contributed by atoms with Gasteiger partial charge in [0.15, 0.2) is 0 Å². The molecule has 1 atom stereocenters. The third kappa shape index (κ3) is 2.90. The molecule has 0 aromatic carbocycles. The summed E-state index contributed by atoms with van der Waals surface area (Å²) in [6.07, 6.45) is 4.25. The van der Waals surface area contributed by atoms with E-state index in [0.717, 1.165) is 19.3 Å². The van der Waals surface area contributed by atoms with Crippen molar-refractivity contribution in [2.75, 3.05) is 6.54 Å². The Hall–Kier alpha value is -0.710. The Morgan fingerprint density at radius 1 is 1.31 bits per heavy atom. The van der Waals surface area contributed by atoms with E-state index < -0.39 is 21.4 Å². The Balaban J connectivity index is 3.00. The van der Waals surface area contributed by atoms with Crippen LogP contribution in [0.3, 0.4) is 0 Å². The van der Waals surface area contributed by atoms with Crippen molar-refractivity contribution in [2.24, 2.45) is 4.99 Å². The molecule has 1 heterocycles. The highest BCUT2D eigenvalue weighted by atomic mass is 32.2. The first-order valence-corrected chi connectivity index (χ1v) is 7.08. The van der Waals surface area contributed by atoms with Crippen LogP contribution in [0.2, 0.25) is 0 Å². The van der Waals surface area contributed by atoms with E-state index in [1.807, 2.05) is 0 Å². The highest BCUT2D eigenvalue weighted by Gasteiger charge is 2.33. The maximum Gasteiger partial charge on any atom is 0.236 e. The zero-order chi connectivity index (χ0) is 12.2. The minimum absolute atomic E-state index is 0.455. The van der Waals surface area contributed by atoms with Crippen LogP contribution in [0.4, 0.5) is 0 Å². The van der Waals surface area contributed by atoms with Crippen LogP contribution in [0.15, 0.2) is 4.99 Å². The summed E-state index contributed by atoms with van der Waals surface area (Å²) in [5.41, 5.74) is 0. The van der Waals surface area contributed by atoms with Gasteiger partial charge in [-0.2, -0.15) is 9.30 Å². The fraction of sp³-hybridized carbons (Fsp3) is 0.900. The fourth-order valence-electron chi connectivity index (χ4n) is 1.82. The van der Waals surface area contributed by atoms with E-state index in [4.69, 9.17) is 0 Å². The number of carbonyl (C=O) groups excluding carboxylic acids is 1. The molecule has 1 saturated heterocycles. The van der Waals surface area contributed by atoms with Gasteiger partial charge in [-0.1, -0.05) is 6.42 Å². The second kappa shape index (κ2) is 5.57. The number of sulfonamides is 1. The van der Waals surface area contributed by atoms with Gasteiger partial charge in [0.1, 0.15) is 6.17 Å². The third-order valence-corrected chi connectivity index (χ3v) is 5.07. The van der Waals surface area contributed by atoms with Gasteiger partial charge in [-0.25, -0.2) is 13.2 Å². The van der Waals surface area contributed by atoms with Gasteiger partial charge in [-0.05, 0) is 33.1 Å². The number of hydrogen-bond donors (Lipinski definition) is 0. The SMILES string of the molecule is CC(C)S(=O)(=O)N1CCCCCC1N=C=O. The molecule has 0 N–H and O–H groups in total. The summed E-state index contributed by atoms with van der Waals surface area (Å²) >= 11 is 0. The molecule has 92 valence electrons. The Morgan fingerprint density at radius 2 is 2.00 bits per heavy atom. The van der Waals surface area contributed by atoms with Gasteiger partial charge >= 0.3 is 0 Å². The number of nitrogens with zero attached hydrogens (tertiary/aromatic N) is 2. The van der Waals surface area contributed by atoms with Crippen molar-refractivity contribution in [3.05, 3.63) is 0 Å². The van der Waals surface area contributed by atoms with Crippen LogP contribution in [0.5, 0.6) is 0 Å². The normalized spacial score (nSPS) is 23.8. The largest absolute Gasteiger partial charge is 0.236 e. The number of aliphatic imine (C=N–C) groups is 1. The third-order valence-electron chi connectivity index (χ3n) is 2.80. The molecule has 0 radical (unpaired) electrons. The van der Waals surface area contributed by atoms with Crippen molar-refractivity contribution >= 4 is 16.1 Å². The number of rotatable bonds is 3. The van der Waals surface area contributed by atoms with E-state index in [-0.39, 0.29) is 0 Å². The van der Waals surface area contributed by atoms with Crippen LogP contribution >= 0.6 is 0 Å². The molecular weight excluding hydrogens is 228 g/mol. The average molecular weight is 246 g/mol. The molecular formula is C10H18N2O3S. The smallest absolute Gasteiger partial charge is 0.212 e. The summed E-state index contributed by atoms with van der Waals surface area (Å²) in [5, 5.41) is -0.477. The molecule has 5 nitrogen and oxygen atoms in total. The zero-order valence-electron chi connectivity index (χ0n) is 9.72. The van der Waals surface area contributed by atoms with Crippen LogP contribution < -0.4 is 0 Å². The molecule has 1 fully saturated rings. The fourth-order valence-corrected chi connectivity index (χ4v) is 3.24. The maximum atomic E-state index is 12.1. The predicted octanol–water partition coefficient (Wildman–Crippen LogP) is 1.26. The molecule has 16 heavy (non-hydrogen) atoms. The Kier molecular flexibility index (Phi) is 4.65. The lowest BCUT2D eigenvalue weighted by Crippen LogP contribution is -2.42. The van der Waals surface area contributed by atoms with Gasteiger partial charge in [0.2, 0.25) is 16.1 Å². The standard InChI is InChI=1S/C10H18N2O3S/c1-9(2)16(14,15)12-7-5-3-4-6-10(12)11-8-13/h9-10H,3-7H2,1-2H3. The highest BCUT2D eigenvalue weighted by molar-refractivity contribution is 7.89. The Morgan fingerprint density at radius 3 is 2.56 bits per heavy atom. The molecule has 0 saturated carbocycles. The van der Waals surface area contributed by atoms with E-state index in [1.54, 1.807) is 13.8 Å². The Bertz CT molecular complexity index is 372. The van der Waals surface area contributed by atoms with Gasteiger partial charge in [-0.15, -0.1) is 0 Å². The quantitative estimate of drug-likeness (QED) is 0.556. The molecule has 0 bridgehead atoms. The van der Waals surface area contributed by atoms with Gasteiger partial charge in [-0.3, -0.25) is 0 Å². The van der Waals surface area contributed by atoms with Crippen LogP contribution in [0.25, 0.3) is 0 Å². The minimum Gasteiger partial charge on any atom is -0.212 e. The summed E-state index contributed by atoms with van der Waals surface area (Å²) in [6.45, 7) is 3.74. The topological polar surface area (TPSA) is 66.8 Å². The molecule has 6 heteroatoms. The maximum absolute atomic E-state index is 12.1. The van der Waals surface area contributed by atoms with Crippen molar-refractivity contribution in [1.82, 2.24) is 4.31 Å². The van der Waals surface area contributed by atoms with E-state index in [0.29, 0.717) is 13.0 Å². The lowest BCUT2D eigenvalue weighted by molar-refractivity contribution is 0.327. The van der Waals surface area contributed by atoms with Crippen molar-refractivity contribution in [1.29, 1.82) is 0 Å². The molecule has 0 amide bonds. The average Bonchev–Trinajstić information content (AvgIpc) is 2.44. The number of hydrogen-bond acceptors (Lipinski definition) is 4. The van der Waals surface area contributed by atoms with E-state index in [2.05, 4.69) is 4.99 Å². The van der Waals surface area contributed by atoms with Gasteiger partial charge in [0.05, 0.1) is 5.25 Å². The van der Waals surface area contributed by atoms with Crippen molar-refractivity contribution in [3.63, 3.8) is 0 Å². The zero-order valence-corrected chi connectivity index (χ0v) is 10.5. The molecule has 1 unspecified atom stereocenters. The molecule has 1 aliphatic heterocycles. The van der Waals surface area contributed by atoms with Crippen LogP contribution in [-0.4, -0.2) is 36.8 Å². The lowest BCUT2D eigenvalue weighted by atomic mass is 10.2. The Labute approximate surface area is 96.6 Å². The highest BCUT2D eigenvalue weighted by Crippen LogP contribution is 2.22. The predicted molar refractivity (Wildman–Crippen MR) is 61.1 cm³/mol. The summed E-state index contributed by atoms with van der Waals surface area (Å²) in [4.78, 5) is 13.9. The molecule has 0 aliphatic carbocycles. The second-order valence-electron chi connectivity index (χ2n) is 4.25. The van der Waals surface area contributed by atoms with Gasteiger partial charge < -0.3 is 0 Å². The molecule has 0 aromatic rings. The van der Waals surface area contributed by atoms with Crippen LogP contribution in [0, 0.1) is 0 Å². The van der Waals surface area contributed by atoms with Crippen LogP contribution in [0.1, 0.15) is 39.5 Å². The monoisotopic (exact) mass is 246 g/mol. The molecule has 1 aliphatic rings. The first-order valence-electron chi connectivity index (χ1n) is 5.57. The van der Waals surface area contributed by atoms with E-state index in [1.165, 1.54) is 10.4 Å². The van der Waals surface area contributed by atoms with Crippen molar-refractivity contribution in [3.8, 4) is 0 Å². The molecule has 0 aromatic heterocycles. The molecule has 1 rings (SSSR count). The first-order chi connectivity index (χ1) is 7.50. The second-order valence-corrected chi connectivity index (χ2v) is 6.70. The van der Waals surface area contributed by atoms with Crippen molar-refractivity contribution < 1.29 is 13.2 Å². The van der Waals surface area contributed by atoms with E-state index in [9.17, 15) is 13.2 Å². The lowest BCUT2D eigenvalue weighted by Gasteiger charge is -2.26.